The summed E-state index contributed by atoms with van der Waals surface area (Å²) in [6.45, 7) is 8.94. The molecule has 114 valence electrons. The molecule has 4 nitrogen and oxygen atoms in total. The van der Waals surface area contributed by atoms with Gasteiger partial charge in [-0.25, -0.2) is 0 Å². The molecule has 0 saturated heterocycles. The number of phenols is 2. The molecule has 0 aliphatic heterocycles. The van der Waals surface area contributed by atoms with Crippen molar-refractivity contribution in [3.63, 3.8) is 0 Å². The van der Waals surface area contributed by atoms with E-state index >= 15 is 0 Å². The van der Waals surface area contributed by atoms with Gasteiger partial charge in [0.25, 0.3) is 0 Å². The van der Waals surface area contributed by atoms with Gasteiger partial charge in [-0.15, -0.1) is 0 Å². The van der Waals surface area contributed by atoms with Crippen LogP contribution in [0.4, 0.5) is 0 Å². The van der Waals surface area contributed by atoms with Crippen LogP contribution >= 0.6 is 0 Å². The van der Waals surface area contributed by atoms with Crippen molar-refractivity contribution in [3.8, 4) is 17.2 Å². The molecule has 0 aliphatic rings. The number of hydrogen-bond donors (Lipinski definition) is 2. The predicted octanol–water partition coefficient (Wildman–Crippen LogP) is 4.11. The minimum atomic E-state index is -0.391. The van der Waals surface area contributed by atoms with Gasteiger partial charge in [0, 0.05) is 11.6 Å². The second-order valence-corrected chi connectivity index (χ2v) is 5.45. The van der Waals surface area contributed by atoms with Crippen molar-refractivity contribution < 1.29 is 19.7 Å². The van der Waals surface area contributed by atoms with Crippen molar-refractivity contribution in [3.05, 3.63) is 40.7 Å². The van der Waals surface area contributed by atoms with Crippen LogP contribution in [-0.2, 0) is 6.42 Å². The zero-order valence-electron chi connectivity index (χ0n) is 13.2. The van der Waals surface area contributed by atoms with E-state index < -0.39 is 5.78 Å². The standard InChI is InChI=1S/C17H22O4/c1-10(2)6-7-13-15(21-9-11(3)4)8-14(19)16(12(5)18)17(13)20/h6,8-9,19-20H,7H2,1-5H3. The quantitative estimate of drug-likeness (QED) is 0.486. The van der Waals surface area contributed by atoms with E-state index in [9.17, 15) is 15.0 Å². The van der Waals surface area contributed by atoms with Crippen molar-refractivity contribution >= 4 is 5.78 Å². The highest BCUT2D eigenvalue weighted by atomic mass is 16.5. The lowest BCUT2D eigenvalue weighted by atomic mass is 10.0. The van der Waals surface area contributed by atoms with E-state index in [1.807, 2.05) is 33.8 Å². The first-order valence-electron chi connectivity index (χ1n) is 6.76. The molecule has 0 heterocycles. The Hall–Kier alpha value is -2.23. The van der Waals surface area contributed by atoms with Crippen molar-refractivity contribution in [2.24, 2.45) is 0 Å². The number of ether oxygens (including phenoxy) is 1. The minimum Gasteiger partial charge on any atom is -0.507 e. The monoisotopic (exact) mass is 290 g/mol. The Morgan fingerprint density at radius 3 is 2.24 bits per heavy atom. The first-order chi connectivity index (χ1) is 9.73. The fourth-order valence-electron chi connectivity index (χ4n) is 1.81. The summed E-state index contributed by atoms with van der Waals surface area (Å²) in [5, 5.41) is 20.2. The number of aromatic hydroxyl groups is 2. The smallest absolute Gasteiger partial charge is 0.167 e. The number of benzene rings is 1. The van der Waals surface area contributed by atoms with Crippen molar-refractivity contribution in [2.75, 3.05) is 0 Å². The van der Waals surface area contributed by atoms with Crippen molar-refractivity contribution in [2.45, 2.75) is 41.0 Å². The zero-order valence-corrected chi connectivity index (χ0v) is 13.2. The van der Waals surface area contributed by atoms with E-state index in [2.05, 4.69) is 0 Å². The maximum Gasteiger partial charge on any atom is 0.167 e. The maximum absolute atomic E-state index is 11.6. The second-order valence-electron chi connectivity index (χ2n) is 5.45. The molecular formula is C17H22O4. The molecule has 4 heteroatoms. The lowest BCUT2D eigenvalue weighted by Crippen LogP contribution is -2.00. The van der Waals surface area contributed by atoms with Gasteiger partial charge in [0.2, 0.25) is 0 Å². The highest BCUT2D eigenvalue weighted by Crippen LogP contribution is 2.39. The Bertz CT molecular complexity index is 602. The second kappa shape index (κ2) is 6.97. The van der Waals surface area contributed by atoms with Gasteiger partial charge in [0.15, 0.2) is 5.78 Å². The van der Waals surface area contributed by atoms with E-state index in [1.54, 1.807) is 0 Å². The largest absolute Gasteiger partial charge is 0.507 e. The van der Waals surface area contributed by atoms with Gasteiger partial charge in [-0.1, -0.05) is 11.6 Å². The fourth-order valence-corrected chi connectivity index (χ4v) is 1.81. The molecule has 0 unspecified atom stereocenters. The van der Waals surface area contributed by atoms with E-state index in [0.29, 0.717) is 17.7 Å². The summed E-state index contributed by atoms with van der Waals surface area (Å²) in [7, 11) is 0. The molecule has 0 saturated carbocycles. The highest BCUT2D eigenvalue weighted by Gasteiger charge is 2.20. The molecule has 0 aromatic heterocycles. The van der Waals surface area contributed by atoms with Crippen LogP contribution in [0.2, 0.25) is 0 Å². The fraction of sp³-hybridized carbons (Fsp3) is 0.353. The van der Waals surface area contributed by atoms with E-state index in [1.165, 1.54) is 19.3 Å². The Labute approximate surface area is 125 Å². The Balaban J connectivity index is 3.44. The third-order valence-corrected chi connectivity index (χ3v) is 2.83. The molecule has 1 rings (SSSR count). The summed E-state index contributed by atoms with van der Waals surface area (Å²) in [5.74, 6) is -0.554. The number of hydrogen-bond acceptors (Lipinski definition) is 4. The minimum absolute atomic E-state index is 0.0725. The van der Waals surface area contributed by atoms with Crippen LogP contribution in [0.25, 0.3) is 0 Å². The number of carbonyl (C=O) groups excluding carboxylic acids is 1. The first-order valence-corrected chi connectivity index (χ1v) is 6.76. The topological polar surface area (TPSA) is 66.8 Å². The third kappa shape index (κ3) is 4.38. The van der Waals surface area contributed by atoms with E-state index in [-0.39, 0.29) is 17.1 Å². The van der Waals surface area contributed by atoms with Crippen LogP contribution in [0.5, 0.6) is 17.2 Å². The summed E-state index contributed by atoms with van der Waals surface area (Å²) in [6.07, 6.45) is 3.87. The molecule has 21 heavy (non-hydrogen) atoms. The van der Waals surface area contributed by atoms with Gasteiger partial charge < -0.3 is 14.9 Å². The molecule has 1 aromatic rings. The molecule has 0 atom stereocenters. The molecule has 1 aromatic carbocycles. The molecule has 0 bridgehead atoms. The van der Waals surface area contributed by atoms with Crippen LogP contribution in [0.3, 0.4) is 0 Å². The number of carbonyl (C=O) groups is 1. The number of ketones is 1. The van der Waals surface area contributed by atoms with Gasteiger partial charge in [-0.05, 0) is 46.6 Å². The highest BCUT2D eigenvalue weighted by molar-refractivity contribution is 6.00. The Morgan fingerprint density at radius 1 is 1.14 bits per heavy atom. The van der Waals surface area contributed by atoms with E-state index in [4.69, 9.17) is 4.74 Å². The molecule has 0 amide bonds. The lowest BCUT2D eigenvalue weighted by Gasteiger charge is -2.14. The van der Waals surface area contributed by atoms with Gasteiger partial charge >= 0.3 is 0 Å². The van der Waals surface area contributed by atoms with Crippen LogP contribution < -0.4 is 4.74 Å². The average Bonchev–Trinajstić information content (AvgIpc) is 2.34. The molecule has 0 spiro atoms. The predicted molar refractivity (Wildman–Crippen MR) is 83.0 cm³/mol. The van der Waals surface area contributed by atoms with Gasteiger partial charge in [0.05, 0.1) is 6.26 Å². The Morgan fingerprint density at radius 2 is 1.76 bits per heavy atom. The van der Waals surface area contributed by atoms with Gasteiger partial charge in [-0.2, -0.15) is 0 Å². The van der Waals surface area contributed by atoms with Crippen molar-refractivity contribution in [1.29, 1.82) is 0 Å². The van der Waals surface area contributed by atoms with Crippen LogP contribution in [-0.4, -0.2) is 16.0 Å². The van der Waals surface area contributed by atoms with Crippen LogP contribution in [0.15, 0.2) is 29.6 Å². The number of Topliss-reactive ketones (excluding diaryl/α,β-unsaturated/α-hetero) is 1. The van der Waals surface area contributed by atoms with Crippen LogP contribution in [0, 0.1) is 0 Å². The number of rotatable bonds is 5. The molecular weight excluding hydrogens is 268 g/mol. The average molecular weight is 290 g/mol. The van der Waals surface area contributed by atoms with Gasteiger partial charge in [-0.3, -0.25) is 4.79 Å². The molecule has 0 fully saturated rings. The number of phenolic OH excluding ortho intramolecular Hbond substituents is 2. The summed E-state index contributed by atoms with van der Waals surface area (Å²) in [4.78, 5) is 11.6. The summed E-state index contributed by atoms with van der Waals surface area (Å²) in [6, 6.07) is 1.37. The molecule has 0 aliphatic carbocycles. The van der Waals surface area contributed by atoms with Crippen molar-refractivity contribution in [1.82, 2.24) is 0 Å². The maximum atomic E-state index is 11.6. The summed E-state index contributed by atoms with van der Waals surface area (Å²) < 4.78 is 5.50. The van der Waals surface area contributed by atoms with Gasteiger partial charge in [0.1, 0.15) is 22.8 Å². The van der Waals surface area contributed by atoms with E-state index in [0.717, 1.165) is 11.1 Å². The summed E-state index contributed by atoms with van der Waals surface area (Å²) in [5.41, 5.74) is 2.44. The zero-order chi connectivity index (χ0) is 16.2. The Kier molecular flexibility index (Phi) is 5.59. The van der Waals surface area contributed by atoms with Crippen LogP contribution in [0.1, 0.15) is 50.5 Å². The third-order valence-electron chi connectivity index (χ3n) is 2.83. The molecule has 0 radical (unpaired) electrons. The SMILES string of the molecule is CC(=O)c1c(O)cc(OC=C(C)C)c(CC=C(C)C)c1O. The molecule has 2 N–H and O–H groups in total. The first kappa shape index (κ1) is 16.8. The normalized spacial score (nSPS) is 9.95. The number of allylic oxidation sites excluding steroid dienone is 3. The lowest BCUT2D eigenvalue weighted by molar-refractivity contribution is 0.101. The summed E-state index contributed by atoms with van der Waals surface area (Å²) >= 11 is 0.